The zero-order chi connectivity index (χ0) is 47.0. The first-order valence-corrected chi connectivity index (χ1v) is 25.4. The number of rotatable bonds is 4. The van der Waals surface area contributed by atoms with Crippen LogP contribution in [0.4, 0.5) is 34.1 Å². The highest BCUT2D eigenvalue weighted by atomic mass is 32.1. The smallest absolute Gasteiger partial charge is 0.146 e. The number of thiophene rings is 1. The molecule has 0 N–H and O–H groups in total. The van der Waals surface area contributed by atoms with E-state index in [1.807, 2.05) is 11.3 Å². The van der Waals surface area contributed by atoms with E-state index in [-0.39, 0.29) is 0 Å². The maximum absolute atomic E-state index is 5.13. The third kappa shape index (κ3) is 5.71. The number of nitrogens with zero attached hydrogens (tertiary/aromatic N) is 4. The second kappa shape index (κ2) is 15.1. The van der Waals surface area contributed by atoms with E-state index in [0.717, 1.165) is 61.7 Å². The lowest BCUT2D eigenvalue weighted by atomic mass is 9.90. The first-order valence-electron chi connectivity index (χ1n) is 24.6. The molecule has 0 unspecified atom stereocenters. The summed E-state index contributed by atoms with van der Waals surface area (Å²) in [4.78, 5) is 10.1. The van der Waals surface area contributed by atoms with Crippen LogP contribution in [0.2, 0.25) is 0 Å². The molecule has 0 saturated heterocycles. The third-order valence-corrected chi connectivity index (χ3v) is 16.3. The van der Waals surface area contributed by atoms with Crippen LogP contribution in [-0.2, 0) is 0 Å². The Bertz CT molecular complexity index is 4780. The molecule has 4 heterocycles. The molecule has 0 amide bonds. The van der Waals surface area contributed by atoms with Gasteiger partial charge in [-0.2, -0.15) is 0 Å². The third-order valence-electron chi connectivity index (χ3n) is 15.2. The van der Waals surface area contributed by atoms with Gasteiger partial charge in [0.15, 0.2) is 0 Å². The van der Waals surface area contributed by atoms with Crippen molar-refractivity contribution in [3.8, 4) is 22.3 Å². The number of hydrogen-bond acceptors (Lipinski definition) is 4. The Morgan fingerprint density at radius 3 is 1.56 bits per heavy atom. The Hall–Kier alpha value is -9.29. The molecular weight excluding hydrogens is 893 g/mol. The normalized spacial score (nSPS) is 12.7. The van der Waals surface area contributed by atoms with Crippen LogP contribution in [0.5, 0.6) is 0 Å². The Labute approximate surface area is 418 Å². The summed E-state index contributed by atoms with van der Waals surface area (Å²) >= 11 is 1.87. The number of imidazole rings is 1. The van der Waals surface area contributed by atoms with E-state index in [1.165, 1.54) is 85.5 Å². The lowest BCUT2D eigenvalue weighted by molar-refractivity contribution is 1.17. The van der Waals surface area contributed by atoms with E-state index >= 15 is 0 Å². The van der Waals surface area contributed by atoms with Gasteiger partial charge in [-0.05, 0) is 151 Å². The van der Waals surface area contributed by atoms with Gasteiger partial charge in [-0.3, -0.25) is 4.40 Å². The van der Waals surface area contributed by atoms with Crippen molar-refractivity contribution in [3.63, 3.8) is 0 Å². The van der Waals surface area contributed by atoms with E-state index < -0.39 is 0 Å². The Morgan fingerprint density at radius 1 is 0.278 bits per heavy atom. The summed E-state index contributed by atoms with van der Waals surface area (Å²) in [6.07, 6.45) is 0. The molecule has 16 rings (SSSR count). The zero-order valence-corrected chi connectivity index (χ0v) is 39.6. The lowest BCUT2D eigenvalue weighted by Crippen LogP contribution is -2.24. The molecule has 15 aromatic rings. The topological polar surface area (TPSA) is 23.8 Å². The van der Waals surface area contributed by atoms with Crippen LogP contribution in [0.25, 0.3) is 113 Å². The zero-order valence-electron chi connectivity index (χ0n) is 38.8. The fourth-order valence-corrected chi connectivity index (χ4v) is 13.1. The molecule has 4 nitrogen and oxygen atoms in total. The van der Waals surface area contributed by atoms with Crippen LogP contribution in [0, 0.1) is 0 Å². The van der Waals surface area contributed by atoms with Crippen molar-refractivity contribution in [2.24, 2.45) is 0 Å². The highest BCUT2D eigenvalue weighted by Gasteiger charge is 2.32. The second-order valence-corrected chi connectivity index (χ2v) is 20.2. The van der Waals surface area contributed by atoms with Gasteiger partial charge in [-0.25, -0.2) is 4.98 Å². The van der Waals surface area contributed by atoms with Gasteiger partial charge in [-0.1, -0.05) is 152 Å². The van der Waals surface area contributed by atoms with E-state index in [9.17, 15) is 0 Å². The van der Waals surface area contributed by atoms with Crippen molar-refractivity contribution >= 4 is 136 Å². The molecule has 0 atom stereocenters. The van der Waals surface area contributed by atoms with Gasteiger partial charge in [0, 0.05) is 42.3 Å². The first kappa shape index (κ1) is 39.5. The summed E-state index contributed by atoms with van der Waals surface area (Å²) in [5.74, 6) is 0. The number of fused-ring (bicyclic) bond motifs is 19. The van der Waals surface area contributed by atoms with Crippen molar-refractivity contribution in [1.29, 1.82) is 0 Å². The molecule has 0 bridgehead atoms. The van der Waals surface area contributed by atoms with Crippen LogP contribution >= 0.6 is 11.3 Å². The Morgan fingerprint density at radius 2 is 0.792 bits per heavy atom. The van der Waals surface area contributed by atoms with Crippen LogP contribution < -0.4 is 9.80 Å². The van der Waals surface area contributed by atoms with E-state index in [4.69, 9.17) is 4.98 Å². The number of para-hydroxylation sites is 5. The Kier molecular flexibility index (Phi) is 8.30. The monoisotopic (exact) mass is 932 g/mol. The SMILES string of the molecule is c1ccc(N2c3ccccc3N(c3cccc(-c4ccc5c(c4)sc4ccccc45)c3)c3cc4c5ccc(-c6ccc7c(c6)c6ccccc6c6nc8ccccc8n76)cc5c5ccccc5c4cc32)cc1. The van der Waals surface area contributed by atoms with Gasteiger partial charge in [0.1, 0.15) is 5.65 Å². The highest BCUT2D eigenvalue weighted by molar-refractivity contribution is 7.25. The Balaban J connectivity index is 0.915. The molecule has 0 radical (unpaired) electrons. The summed E-state index contributed by atoms with van der Waals surface area (Å²) < 4.78 is 4.96. The van der Waals surface area contributed by atoms with Gasteiger partial charge in [0.25, 0.3) is 0 Å². The average molecular weight is 933 g/mol. The molecule has 1 aliphatic rings. The molecule has 1 aliphatic heterocycles. The molecule has 334 valence electrons. The van der Waals surface area contributed by atoms with Crippen LogP contribution in [-0.4, -0.2) is 9.38 Å². The number of pyridine rings is 1. The molecular formula is C67H40N4S. The van der Waals surface area contributed by atoms with Crippen LogP contribution in [0.3, 0.4) is 0 Å². The van der Waals surface area contributed by atoms with Gasteiger partial charge >= 0.3 is 0 Å². The predicted octanol–water partition coefficient (Wildman–Crippen LogP) is 19.2. The fourth-order valence-electron chi connectivity index (χ4n) is 12.0. The van der Waals surface area contributed by atoms with Crippen molar-refractivity contribution in [1.82, 2.24) is 9.38 Å². The maximum atomic E-state index is 5.13. The minimum absolute atomic E-state index is 0.991. The fraction of sp³-hybridized carbons (Fsp3) is 0. The summed E-state index contributed by atoms with van der Waals surface area (Å²) in [5.41, 5.74) is 15.8. The van der Waals surface area contributed by atoms with Crippen molar-refractivity contribution < 1.29 is 0 Å². The number of hydrogen-bond donors (Lipinski definition) is 0. The van der Waals surface area contributed by atoms with E-state index in [0.29, 0.717) is 0 Å². The number of anilines is 6. The quantitative estimate of drug-likeness (QED) is 0.164. The molecule has 72 heavy (non-hydrogen) atoms. The standard InChI is InChI=1S/C67H40N4S/c1-2-16-45(17-3-1)69-61-26-11-12-27-62(61)70(46-18-14-15-41(35-46)44-30-33-52-51-22-8-13-28-65(51)72-66(52)38-44)64-40-56-50-32-29-42(36-54(50)47-19-4-5-20-48(47)55(56)39-63(64)69)43-31-34-59-57(37-43)49-21-6-7-23-53(49)67-68-58-24-9-10-25-60(58)71(59)67/h1-40H. The van der Waals surface area contributed by atoms with Crippen LogP contribution in [0.15, 0.2) is 243 Å². The molecule has 5 heteroatoms. The molecule has 12 aromatic carbocycles. The van der Waals surface area contributed by atoms with Gasteiger partial charge < -0.3 is 9.80 Å². The van der Waals surface area contributed by atoms with E-state index in [2.05, 4.69) is 257 Å². The second-order valence-electron chi connectivity index (χ2n) is 19.1. The number of benzene rings is 12. The maximum Gasteiger partial charge on any atom is 0.146 e. The summed E-state index contributed by atoms with van der Waals surface area (Å²) in [6.45, 7) is 0. The van der Waals surface area contributed by atoms with Gasteiger partial charge in [0.2, 0.25) is 0 Å². The van der Waals surface area contributed by atoms with Crippen molar-refractivity contribution in [3.05, 3.63) is 243 Å². The largest absolute Gasteiger partial charge is 0.306 e. The average Bonchev–Trinajstić information content (AvgIpc) is 4.03. The van der Waals surface area contributed by atoms with Crippen molar-refractivity contribution in [2.45, 2.75) is 0 Å². The van der Waals surface area contributed by atoms with Crippen molar-refractivity contribution in [2.75, 3.05) is 9.80 Å². The molecule has 0 spiro atoms. The van der Waals surface area contributed by atoms with Crippen LogP contribution in [0.1, 0.15) is 0 Å². The minimum Gasteiger partial charge on any atom is -0.306 e. The predicted molar refractivity (Wildman–Crippen MR) is 307 cm³/mol. The minimum atomic E-state index is 0.991. The molecule has 0 fully saturated rings. The summed E-state index contributed by atoms with van der Waals surface area (Å²) in [5, 5.41) is 13.6. The number of aromatic nitrogens is 2. The van der Waals surface area contributed by atoms with E-state index in [1.54, 1.807) is 0 Å². The first-order chi connectivity index (χ1) is 35.7. The summed E-state index contributed by atoms with van der Waals surface area (Å²) in [7, 11) is 0. The van der Waals surface area contributed by atoms with Gasteiger partial charge in [-0.15, -0.1) is 11.3 Å². The lowest BCUT2D eigenvalue weighted by Gasteiger charge is -2.41. The summed E-state index contributed by atoms with van der Waals surface area (Å²) in [6, 6.07) is 89.6. The van der Waals surface area contributed by atoms with Gasteiger partial charge in [0.05, 0.1) is 39.3 Å². The molecule has 0 aliphatic carbocycles. The molecule has 0 saturated carbocycles. The highest BCUT2D eigenvalue weighted by Crippen LogP contribution is 2.56. The molecule has 3 aromatic heterocycles.